The van der Waals surface area contributed by atoms with Crippen LogP contribution < -0.4 is 11.1 Å². The molecule has 1 aliphatic rings. The standard InChI is InChI=1S/C12H13IN2OS/c13-8-2-4-9(5-3-8)15-11(16)12(10(14)17)6-1-7-12/h2-5H,1,6-7H2,(H2,14,17)(H,15,16). The number of nitrogens with two attached hydrogens (primary N) is 1. The molecule has 0 atom stereocenters. The fourth-order valence-electron chi connectivity index (χ4n) is 1.90. The number of anilines is 1. The Bertz CT molecular complexity index is 454. The Labute approximate surface area is 119 Å². The van der Waals surface area contributed by atoms with Crippen LogP contribution >= 0.6 is 34.8 Å². The molecule has 1 saturated carbocycles. The first kappa shape index (κ1) is 12.8. The van der Waals surface area contributed by atoms with E-state index in [1.807, 2.05) is 24.3 Å². The molecule has 1 aromatic carbocycles. The molecule has 1 aromatic rings. The molecule has 1 amide bonds. The van der Waals surface area contributed by atoms with E-state index in [2.05, 4.69) is 27.9 Å². The number of amides is 1. The number of carbonyl (C=O) groups is 1. The molecule has 5 heteroatoms. The molecule has 90 valence electrons. The summed E-state index contributed by atoms with van der Waals surface area (Å²) in [7, 11) is 0. The lowest BCUT2D eigenvalue weighted by Gasteiger charge is -2.39. The van der Waals surface area contributed by atoms with E-state index in [0.717, 1.165) is 28.5 Å². The molecule has 3 nitrogen and oxygen atoms in total. The van der Waals surface area contributed by atoms with Crippen molar-refractivity contribution in [1.29, 1.82) is 0 Å². The number of thiocarbonyl (C=S) groups is 1. The smallest absolute Gasteiger partial charge is 0.237 e. The third-order valence-electron chi connectivity index (χ3n) is 3.22. The van der Waals surface area contributed by atoms with Gasteiger partial charge in [0.15, 0.2) is 0 Å². The van der Waals surface area contributed by atoms with E-state index in [1.54, 1.807) is 0 Å². The quantitative estimate of drug-likeness (QED) is 0.644. The normalized spacial score (nSPS) is 17.0. The Morgan fingerprint density at radius 3 is 2.35 bits per heavy atom. The van der Waals surface area contributed by atoms with Crippen molar-refractivity contribution in [3.05, 3.63) is 27.8 Å². The van der Waals surface area contributed by atoms with Crippen molar-refractivity contribution in [3.63, 3.8) is 0 Å². The van der Waals surface area contributed by atoms with Crippen LogP contribution in [0.2, 0.25) is 0 Å². The van der Waals surface area contributed by atoms with Gasteiger partial charge in [-0.2, -0.15) is 0 Å². The molecular formula is C12H13IN2OS. The molecule has 3 N–H and O–H groups in total. The third-order valence-corrected chi connectivity index (χ3v) is 4.33. The highest BCUT2D eigenvalue weighted by molar-refractivity contribution is 14.1. The summed E-state index contributed by atoms with van der Waals surface area (Å²) >= 11 is 7.23. The van der Waals surface area contributed by atoms with Crippen molar-refractivity contribution in [3.8, 4) is 0 Å². The predicted molar refractivity (Wildman–Crippen MR) is 80.9 cm³/mol. The van der Waals surface area contributed by atoms with E-state index in [1.165, 1.54) is 0 Å². The Balaban J connectivity index is 2.11. The van der Waals surface area contributed by atoms with Gasteiger partial charge in [-0.25, -0.2) is 0 Å². The summed E-state index contributed by atoms with van der Waals surface area (Å²) in [5.74, 6) is -0.0718. The molecule has 2 rings (SSSR count). The number of halogens is 1. The largest absolute Gasteiger partial charge is 0.392 e. The average Bonchev–Trinajstić information content (AvgIpc) is 2.19. The van der Waals surface area contributed by atoms with E-state index in [9.17, 15) is 4.79 Å². The number of rotatable bonds is 3. The van der Waals surface area contributed by atoms with Gasteiger partial charge in [0, 0.05) is 9.26 Å². The summed E-state index contributed by atoms with van der Waals surface area (Å²) in [5.41, 5.74) is 5.86. The van der Waals surface area contributed by atoms with Crippen LogP contribution in [0.4, 0.5) is 5.69 Å². The molecule has 0 spiro atoms. The SMILES string of the molecule is NC(=S)C1(C(=O)Nc2ccc(I)cc2)CCC1. The molecule has 0 heterocycles. The molecule has 1 fully saturated rings. The minimum atomic E-state index is -0.613. The molecule has 0 radical (unpaired) electrons. The Hall–Kier alpha value is -0.690. The van der Waals surface area contributed by atoms with Crippen molar-refractivity contribution in [2.24, 2.45) is 11.1 Å². The Morgan fingerprint density at radius 2 is 1.94 bits per heavy atom. The summed E-state index contributed by atoms with van der Waals surface area (Å²) in [4.78, 5) is 12.5. The third kappa shape index (κ3) is 2.44. The van der Waals surface area contributed by atoms with Gasteiger partial charge in [-0.3, -0.25) is 4.79 Å². The summed E-state index contributed by atoms with van der Waals surface area (Å²) in [6.07, 6.45) is 2.54. The lowest BCUT2D eigenvalue weighted by Crippen LogP contribution is -2.50. The van der Waals surface area contributed by atoms with E-state index in [0.29, 0.717) is 4.99 Å². The Morgan fingerprint density at radius 1 is 1.35 bits per heavy atom. The second-order valence-corrected chi connectivity index (χ2v) is 5.95. The highest BCUT2D eigenvalue weighted by atomic mass is 127. The maximum Gasteiger partial charge on any atom is 0.237 e. The highest BCUT2D eigenvalue weighted by Gasteiger charge is 2.46. The van der Waals surface area contributed by atoms with Crippen LogP contribution in [0.1, 0.15) is 19.3 Å². The zero-order valence-corrected chi connectivity index (χ0v) is 12.2. The van der Waals surface area contributed by atoms with Crippen molar-refractivity contribution in [2.75, 3.05) is 5.32 Å². The van der Waals surface area contributed by atoms with Crippen LogP contribution in [-0.2, 0) is 4.79 Å². The van der Waals surface area contributed by atoms with Gasteiger partial charge in [0.25, 0.3) is 0 Å². The molecule has 0 aliphatic heterocycles. The highest BCUT2D eigenvalue weighted by Crippen LogP contribution is 2.42. The summed E-state index contributed by atoms with van der Waals surface area (Å²) < 4.78 is 1.13. The van der Waals surface area contributed by atoms with Gasteiger partial charge >= 0.3 is 0 Å². The van der Waals surface area contributed by atoms with Crippen LogP contribution in [0.15, 0.2) is 24.3 Å². The van der Waals surface area contributed by atoms with E-state index >= 15 is 0 Å². The fraction of sp³-hybridized carbons (Fsp3) is 0.333. The molecule has 0 bridgehead atoms. The minimum Gasteiger partial charge on any atom is -0.392 e. The lowest BCUT2D eigenvalue weighted by molar-refractivity contribution is -0.125. The van der Waals surface area contributed by atoms with Crippen molar-refractivity contribution < 1.29 is 4.79 Å². The van der Waals surface area contributed by atoms with Crippen LogP contribution in [0.3, 0.4) is 0 Å². The second-order valence-electron chi connectivity index (χ2n) is 4.26. The molecule has 0 aromatic heterocycles. The van der Waals surface area contributed by atoms with Crippen LogP contribution in [0.25, 0.3) is 0 Å². The van der Waals surface area contributed by atoms with Gasteiger partial charge in [-0.05, 0) is 59.7 Å². The lowest BCUT2D eigenvalue weighted by atomic mass is 9.68. The summed E-state index contributed by atoms with van der Waals surface area (Å²) in [6, 6.07) is 7.66. The molecule has 0 saturated heterocycles. The van der Waals surface area contributed by atoms with Crippen LogP contribution in [0.5, 0.6) is 0 Å². The van der Waals surface area contributed by atoms with Gasteiger partial charge < -0.3 is 11.1 Å². The first-order chi connectivity index (χ1) is 8.04. The number of nitrogens with one attached hydrogen (secondary N) is 1. The topological polar surface area (TPSA) is 55.1 Å². The van der Waals surface area contributed by atoms with Gasteiger partial charge in [0.05, 0.1) is 10.4 Å². The van der Waals surface area contributed by atoms with E-state index in [-0.39, 0.29) is 5.91 Å². The summed E-state index contributed by atoms with van der Waals surface area (Å²) in [5, 5.41) is 2.88. The van der Waals surface area contributed by atoms with E-state index < -0.39 is 5.41 Å². The van der Waals surface area contributed by atoms with Crippen molar-refractivity contribution in [2.45, 2.75) is 19.3 Å². The van der Waals surface area contributed by atoms with Crippen LogP contribution in [-0.4, -0.2) is 10.9 Å². The van der Waals surface area contributed by atoms with Gasteiger partial charge in [-0.15, -0.1) is 0 Å². The monoisotopic (exact) mass is 360 g/mol. The molecule has 0 unspecified atom stereocenters. The maximum atomic E-state index is 12.2. The summed E-state index contributed by atoms with van der Waals surface area (Å²) in [6.45, 7) is 0. The number of hydrogen-bond donors (Lipinski definition) is 2. The molecule has 17 heavy (non-hydrogen) atoms. The van der Waals surface area contributed by atoms with E-state index in [4.69, 9.17) is 18.0 Å². The number of carbonyl (C=O) groups excluding carboxylic acids is 1. The van der Waals surface area contributed by atoms with Gasteiger partial charge in [0.2, 0.25) is 5.91 Å². The first-order valence-electron chi connectivity index (χ1n) is 5.41. The second kappa shape index (κ2) is 4.89. The minimum absolute atomic E-state index is 0.0718. The first-order valence-corrected chi connectivity index (χ1v) is 6.90. The average molecular weight is 360 g/mol. The molecular weight excluding hydrogens is 347 g/mol. The fourth-order valence-corrected chi connectivity index (χ4v) is 2.56. The zero-order chi connectivity index (χ0) is 12.5. The zero-order valence-electron chi connectivity index (χ0n) is 9.20. The molecule has 1 aliphatic carbocycles. The van der Waals surface area contributed by atoms with Crippen molar-refractivity contribution >= 4 is 51.4 Å². The van der Waals surface area contributed by atoms with Gasteiger partial charge in [0.1, 0.15) is 0 Å². The number of hydrogen-bond acceptors (Lipinski definition) is 2. The Kier molecular flexibility index (Phi) is 3.67. The van der Waals surface area contributed by atoms with Gasteiger partial charge in [-0.1, -0.05) is 18.6 Å². The van der Waals surface area contributed by atoms with Crippen molar-refractivity contribution in [1.82, 2.24) is 0 Å². The predicted octanol–water partition coefficient (Wildman–Crippen LogP) is 2.69. The van der Waals surface area contributed by atoms with Crippen LogP contribution in [0, 0.1) is 8.99 Å². The maximum absolute atomic E-state index is 12.2. The number of benzene rings is 1.